The Morgan fingerprint density at radius 2 is 1.82 bits per heavy atom. The highest BCUT2D eigenvalue weighted by atomic mass is 19.1. The van der Waals surface area contributed by atoms with Crippen molar-refractivity contribution in [3.8, 4) is 11.8 Å². The third kappa shape index (κ3) is 7.02. The van der Waals surface area contributed by atoms with Crippen LogP contribution in [0.5, 0.6) is 0 Å². The second kappa shape index (κ2) is 13.1. The van der Waals surface area contributed by atoms with Gasteiger partial charge in [-0.3, -0.25) is 9.59 Å². The Balaban J connectivity index is 1.24. The predicted octanol–water partition coefficient (Wildman–Crippen LogP) is 4.80. The zero-order chi connectivity index (χ0) is 27.0. The van der Waals surface area contributed by atoms with E-state index < -0.39 is 5.41 Å². The summed E-state index contributed by atoms with van der Waals surface area (Å²) in [4.78, 5) is 27.6. The largest absolute Gasteiger partial charge is 0.355 e. The van der Waals surface area contributed by atoms with Crippen molar-refractivity contribution in [3.63, 3.8) is 0 Å². The topological polar surface area (TPSA) is 61.4 Å². The van der Waals surface area contributed by atoms with Gasteiger partial charge in [0.05, 0.1) is 5.41 Å². The highest BCUT2D eigenvalue weighted by Crippen LogP contribution is 2.47. The summed E-state index contributed by atoms with van der Waals surface area (Å²) in [6.45, 7) is 7.07. The van der Waals surface area contributed by atoms with Crippen molar-refractivity contribution in [2.75, 3.05) is 26.2 Å². The van der Waals surface area contributed by atoms with Crippen LogP contribution in [0.25, 0.3) is 0 Å². The van der Waals surface area contributed by atoms with Gasteiger partial charge >= 0.3 is 0 Å². The molecular weight excluding hydrogens is 477 g/mol. The number of likely N-dealkylation sites (tertiary alicyclic amines) is 1. The lowest BCUT2D eigenvalue weighted by molar-refractivity contribution is -0.130. The molecule has 0 unspecified atom stereocenters. The van der Waals surface area contributed by atoms with Gasteiger partial charge in [-0.1, -0.05) is 56.4 Å². The molecule has 2 aliphatic rings. The Morgan fingerprint density at radius 3 is 2.50 bits per heavy atom. The summed E-state index contributed by atoms with van der Waals surface area (Å²) in [5.74, 6) is 5.32. The lowest BCUT2D eigenvalue weighted by Gasteiger charge is -2.41. The third-order valence-corrected chi connectivity index (χ3v) is 8.11. The van der Waals surface area contributed by atoms with E-state index in [2.05, 4.69) is 46.4 Å². The van der Waals surface area contributed by atoms with E-state index in [1.54, 1.807) is 12.1 Å². The van der Waals surface area contributed by atoms with E-state index >= 15 is 0 Å². The molecule has 5 nitrogen and oxygen atoms in total. The minimum atomic E-state index is -0.447. The molecule has 6 heteroatoms. The molecule has 0 bridgehead atoms. The second-order valence-corrected chi connectivity index (χ2v) is 10.9. The third-order valence-electron chi connectivity index (χ3n) is 8.11. The van der Waals surface area contributed by atoms with Crippen LogP contribution in [0.4, 0.5) is 4.39 Å². The Bertz CT molecular complexity index is 1140. The van der Waals surface area contributed by atoms with Crippen LogP contribution >= 0.6 is 0 Å². The smallest absolute Gasteiger partial charge is 0.296 e. The minimum absolute atomic E-state index is 0.0540. The molecule has 1 spiro atoms. The maximum absolute atomic E-state index is 13.4. The van der Waals surface area contributed by atoms with Crippen molar-refractivity contribution in [1.82, 2.24) is 15.5 Å². The summed E-state index contributed by atoms with van der Waals surface area (Å²) >= 11 is 0. The molecule has 2 N–H and O–H groups in total. The second-order valence-electron chi connectivity index (χ2n) is 10.9. The number of hydrogen-bond acceptors (Lipinski definition) is 3. The van der Waals surface area contributed by atoms with Crippen molar-refractivity contribution in [3.05, 3.63) is 71.0 Å². The average molecular weight is 518 g/mol. The predicted molar refractivity (Wildman–Crippen MR) is 149 cm³/mol. The van der Waals surface area contributed by atoms with Gasteiger partial charge in [0, 0.05) is 36.5 Å². The van der Waals surface area contributed by atoms with Crippen LogP contribution in [0.1, 0.15) is 75.0 Å². The molecule has 0 aliphatic carbocycles. The van der Waals surface area contributed by atoms with Crippen LogP contribution in [0.3, 0.4) is 0 Å². The molecule has 2 heterocycles. The molecule has 0 saturated carbocycles. The number of aryl methyl sites for hydroxylation is 1. The first-order valence-electron chi connectivity index (χ1n) is 14.1. The maximum atomic E-state index is 13.4. The number of carbonyl (C=O) groups excluding carboxylic acids is 2. The standard InChI is InChI=1S/C32H40FN3O2/c1-3-4-5-6-7-25-8-10-26(11-9-25)12-17-30(37)35-24(2)23-36-20-18-32(19-21-36)29(22-34-31(32)38)27-13-15-28(33)16-14-27/h8-11,13-16,24,29H,3-7,18-23H2,1-2H3,(H,34,38)(H,35,37)/t24-,29+/m0/s1. The number of halogens is 1. The number of amides is 2. The van der Waals surface area contributed by atoms with E-state index in [-0.39, 0.29) is 29.6 Å². The molecule has 2 aromatic rings. The fourth-order valence-corrected chi connectivity index (χ4v) is 5.90. The molecule has 38 heavy (non-hydrogen) atoms. The lowest BCUT2D eigenvalue weighted by Crippen LogP contribution is -2.49. The molecular formula is C32H40FN3O2. The van der Waals surface area contributed by atoms with Crippen molar-refractivity contribution >= 4 is 11.8 Å². The zero-order valence-corrected chi connectivity index (χ0v) is 22.7. The molecule has 202 valence electrons. The summed E-state index contributed by atoms with van der Waals surface area (Å²) in [5, 5.41) is 6.03. The fourth-order valence-electron chi connectivity index (χ4n) is 5.90. The zero-order valence-electron chi connectivity index (χ0n) is 22.7. The quantitative estimate of drug-likeness (QED) is 0.371. The van der Waals surface area contributed by atoms with Gasteiger partial charge in [-0.25, -0.2) is 4.39 Å². The molecule has 2 aliphatic heterocycles. The number of unbranched alkanes of at least 4 members (excludes halogenated alkanes) is 3. The van der Waals surface area contributed by atoms with Gasteiger partial charge in [0.25, 0.3) is 5.91 Å². The first-order chi connectivity index (χ1) is 18.4. The number of nitrogens with zero attached hydrogens (tertiary/aromatic N) is 1. The number of piperidine rings is 1. The Labute approximate surface area is 226 Å². The Kier molecular flexibility index (Phi) is 9.58. The van der Waals surface area contributed by atoms with Gasteiger partial charge in [-0.2, -0.15) is 0 Å². The summed E-state index contributed by atoms with van der Waals surface area (Å²) in [6.07, 6.45) is 7.57. The number of hydrogen-bond donors (Lipinski definition) is 2. The van der Waals surface area contributed by atoms with Gasteiger partial charge in [0.15, 0.2) is 0 Å². The minimum Gasteiger partial charge on any atom is -0.355 e. The van der Waals surface area contributed by atoms with E-state index in [0.717, 1.165) is 43.5 Å². The van der Waals surface area contributed by atoms with Crippen LogP contribution in [0.2, 0.25) is 0 Å². The monoisotopic (exact) mass is 517 g/mol. The molecule has 2 atom stereocenters. The Morgan fingerprint density at radius 1 is 1.11 bits per heavy atom. The highest BCUT2D eigenvalue weighted by Gasteiger charge is 2.51. The molecule has 4 rings (SSSR count). The fraction of sp³-hybridized carbons (Fsp3) is 0.500. The first-order valence-corrected chi connectivity index (χ1v) is 14.1. The van der Waals surface area contributed by atoms with Gasteiger partial charge < -0.3 is 15.5 Å². The van der Waals surface area contributed by atoms with Crippen molar-refractivity contribution < 1.29 is 14.0 Å². The molecule has 2 saturated heterocycles. The van der Waals surface area contributed by atoms with Crippen LogP contribution in [0.15, 0.2) is 48.5 Å². The first kappa shape index (κ1) is 27.9. The van der Waals surface area contributed by atoms with E-state index in [9.17, 15) is 14.0 Å². The molecule has 0 aromatic heterocycles. The Hall–Kier alpha value is -3.17. The summed E-state index contributed by atoms with van der Waals surface area (Å²) in [7, 11) is 0. The van der Waals surface area contributed by atoms with E-state index in [1.807, 2.05) is 19.1 Å². The van der Waals surface area contributed by atoms with Crippen molar-refractivity contribution in [2.24, 2.45) is 5.41 Å². The number of carbonyl (C=O) groups is 2. The van der Waals surface area contributed by atoms with Gasteiger partial charge in [0.2, 0.25) is 5.91 Å². The van der Waals surface area contributed by atoms with Crippen LogP contribution in [-0.4, -0.2) is 48.9 Å². The maximum Gasteiger partial charge on any atom is 0.296 e. The van der Waals surface area contributed by atoms with Gasteiger partial charge in [0.1, 0.15) is 5.82 Å². The molecule has 2 fully saturated rings. The lowest BCUT2D eigenvalue weighted by atomic mass is 9.68. The normalized spacial score (nSPS) is 19.4. The summed E-state index contributed by atoms with van der Waals surface area (Å²) < 4.78 is 13.4. The van der Waals surface area contributed by atoms with E-state index in [1.165, 1.54) is 43.4 Å². The molecule has 0 radical (unpaired) electrons. The molecule has 2 aromatic carbocycles. The van der Waals surface area contributed by atoms with Crippen molar-refractivity contribution in [2.45, 2.75) is 70.8 Å². The number of benzene rings is 2. The summed E-state index contributed by atoms with van der Waals surface area (Å²) in [6, 6.07) is 14.7. The average Bonchev–Trinajstić information content (AvgIpc) is 3.23. The number of nitrogens with one attached hydrogen (secondary N) is 2. The van der Waals surface area contributed by atoms with E-state index in [4.69, 9.17) is 0 Å². The summed E-state index contributed by atoms with van der Waals surface area (Å²) in [5.41, 5.74) is 2.72. The van der Waals surface area contributed by atoms with Crippen LogP contribution in [0, 0.1) is 23.1 Å². The van der Waals surface area contributed by atoms with Gasteiger partial charge in [-0.15, -0.1) is 0 Å². The van der Waals surface area contributed by atoms with Crippen LogP contribution < -0.4 is 10.6 Å². The van der Waals surface area contributed by atoms with Crippen LogP contribution in [-0.2, 0) is 16.0 Å². The SMILES string of the molecule is CCCCCCc1ccc(C#CC(=O)N[C@@H](C)CN2CCC3(CC2)C(=O)NC[C@@H]3c2ccc(F)cc2)cc1. The number of rotatable bonds is 9. The van der Waals surface area contributed by atoms with E-state index in [0.29, 0.717) is 13.1 Å². The van der Waals surface area contributed by atoms with Gasteiger partial charge in [-0.05, 0) is 81.1 Å². The molecule has 2 amide bonds. The van der Waals surface area contributed by atoms with Crippen molar-refractivity contribution in [1.29, 1.82) is 0 Å². The highest BCUT2D eigenvalue weighted by molar-refractivity contribution is 5.94.